The van der Waals surface area contributed by atoms with Crippen molar-refractivity contribution >= 4 is 22.6 Å². The smallest absolute Gasteiger partial charge is 0.246 e. The van der Waals surface area contributed by atoms with Crippen molar-refractivity contribution in [1.29, 1.82) is 0 Å². The van der Waals surface area contributed by atoms with Crippen LogP contribution in [0.3, 0.4) is 0 Å². The van der Waals surface area contributed by atoms with Gasteiger partial charge in [-0.1, -0.05) is 11.6 Å². The summed E-state index contributed by atoms with van der Waals surface area (Å²) in [5, 5.41) is 21.8. The van der Waals surface area contributed by atoms with E-state index in [9.17, 15) is 9.90 Å². The molecule has 4 atom stereocenters. The molecule has 11 heteroatoms. The number of rotatable bonds is 3. The van der Waals surface area contributed by atoms with Crippen LogP contribution in [-0.2, 0) is 16.6 Å². The Bertz CT molecular complexity index is 1650. The first kappa shape index (κ1) is 27.3. The van der Waals surface area contributed by atoms with Crippen molar-refractivity contribution in [2.24, 2.45) is 0 Å². The number of nitrogens with zero attached hydrogens (tertiary/aromatic N) is 7. The van der Waals surface area contributed by atoms with Gasteiger partial charge in [0, 0.05) is 24.1 Å². The van der Waals surface area contributed by atoms with Crippen LogP contribution in [0.2, 0.25) is 0 Å². The normalized spacial score (nSPS) is 31.9. The van der Waals surface area contributed by atoms with Crippen molar-refractivity contribution in [3.63, 3.8) is 0 Å². The van der Waals surface area contributed by atoms with E-state index in [1.807, 2.05) is 6.92 Å². The number of aliphatic hydroxyl groups is 1. The molecule has 2 aliphatic carbocycles. The molecule has 0 radical (unpaired) electrons. The molecule has 6 aliphatic rings. The van der Waals surface area contributed by atoms with Crippen LogP contribution in [0.5, 0.6) is 5.88 Å². The summed E-state index contributed by atoms with van der Waals surface area (Å²) in [5.74, 6) is 2.88. The standard InChI is InChI=1S/C33H43N7O4/c1-20(33-13-6-16-38(33)17-7-14-33)40-29-24-28(39-19-31(2,42)15-10-21(39)18-43-30(24)36-40)34-27(35-29)25-22-8-5-12-32(26(22)44-37-25)11-4-3-9-23(32)41/h20-21,42H,3-19H2,1-2H3/t20?,21-,31-,32-/m1/s1. The Morgan fingerprint density at radius 3 is 2.64 bits per heavy atom. The van der Waals surface area contributed by atoms with Crippen molar-refractivity contribution in [3.05, 3.63) is 11.3 Å². The lowest BCUT2D eigenvalue weighted by atomic mass is 9.64. The summed E-state index contributed by atoms with van der Waals surface area (Å²) < 4.78 is 14.7. The van der Waals surface area contributed by atoms with E-state index in [0.29, 0.717) is 49.2 Å². The van der Waals surface area contributed by atoms with Crippen LogP contribution in [0.15, 0.2) is 4.52 Å². The Labute approximate surface area is 257 Å². The quantitative estimate of drug-likeness (QED) is 0.459. The number of fused-ring (bicyclic) bond motifs is 5. The molecule has 1 unspecified atom stereocenters. The average Bonchev–Trinajstić information content (AvgIpc) is 3.78. The summed E-state index contributed by atoms with van der Waals surface area (Å²) in [6.45, 7) is 7.41. The third-order valence-corrected chi connectivity index (χ3v) is 12.3. The molecular weight excluding hydrogens is 558 g/mol. The molecule has 3 aromatic rings. The molecule has 4 aliphatic heterocycles. The lowest BCUT2D eigenvalue weighted by Gasteiger charge is -2.42. The van der Waals surface area contributed by atoms with Gasteiger partial charge < -0.3 is 19.3 Å². The highest BCUT2D eigenvalue weighted by atomic mass is 16.5. The highest BCUT2D eigenvalue weighted by Gasteiger charge is 2.51. The van der Waals surface area contributed by atoms with Crippen LogP contribution in [-0.4, -0.2) is 84.1 Å². The van der Waals surface area contributed by atoms with Gasteiger partial charge in [0.2, 0.25) is 5.88 Å². The van der Waals surface area contributed by atoms with Gasteiger partial charge in [-0.25, -0.2) is 14.6 Å². The first-order chi connectivity index (χ1) is 21.3. The number of anilines is 1. The second-order valence-corrected chi connectivity index (χ2v) is 14.8. The Morgan fingerprint density at radius 2 is 1.82 bits per heavy atom. The van der Waals surface area contributed by atoms with Crippen LogP contribution in [0.4, 0.5) is 5.82 Å². The average molecular weight is 602 g/mol. The van der Waals surface area contributed by atoms with E-state index < -0.39 is 11.0 Å². The molecular formula is C33H43N7O4. The first-order valence-corrected chi connectivity index (χ1v) is 17.0. The van der Waals surface area contributed by atoms with Gasteiger partial charge in [-0.15, -0.1) is 5.10 Å². The number of hydrogen-bond donors (Lipinski definition) is 1. The minimum atomic E-state index is -0.838. The summed E-state index contributed by atoms with van der Waals surface area (Å²) in [7, 11) is 0. The summed E-state index contributed by atoms with van der Waals surface area (Å²) in [5.41, 5.74) is 1.04. The number of ether oxygens (including phenoxy) is 1. The number of carbonyl (C=O) groups is 1. The van der Waals surface area contributed by atoms with Crippen molar-refractivity contribution in [2.45, 2.75) is 126 Å². The van der Waals surface area contributed by atoms with E-state index in [0.717, 1.165) is 99.1 Å². The maximum absolute atomic E-state index is 13.4. The first-order valence-electron chi connectivity index (χ1n) is 17.0. The summed E-state index contributed by atoms with van der Waals surface area (Å²) in [6, 6.07) is 0.173. The molecule has 0 amide bonds. The second-order valence-electron chi connectivity index (χ2n) is 14.8. The van der Waals surface area contributed by atoms with Gasteiger partial charge in [0.1, 0.15) is 23.6 Å². The third kappa shape index (κ3) is 3.71. The maximum Gasteiger partial charge on any atom is 0.246 e. The highest BCUT2D eigenvalue weighted by Crippen LogP contribution is 2.50. The van der Waals surface area contributed by atoms with Crippen LogP contribution < -0.4 is 9.64 Å². The maximum atomic E-state index is 13.4. The zero-order chi connectivity index (χ0) is 29.8. The highest BCUT2D eigenvalue weighted by molar-refractivity contribution is 5.95. The predicted octanol–water partition coefficient (Wildman–Crippen LogP) is 4.50. The molecule has 4 fully saturated rings. The van der Waals surface area contributed by atoms with E-state index in [-0.39, 0.29) is 17.6 Å². The van der Waals surface area contributed by atoms with Gasteiger partial charge in [-0.2, -0.15) is 0 Å². The Hall–Kier alpha value is -3.05. The van der Waals surface area contributed by atoms with E-state index in [4.69, 9.17) is 24.3 Å². The van der Waals surface area contributed by atoms with Gasteiger partial charge in [0.15, 0.2) is 22.9 Å². The molecule has 1 saturated carbocycles. The Morgan fingerprint density at radius 1 is 1.00 bits per heavy atom. The molecule has 0 bridgehead atoms. The molecule has 234 valence electrons. The molecule has 3 saturated heterocycles. The summed E-state index contributed by atoms with van der Waals surface area (Å²) in [6.07, 6.45) is 12.2. The number of aromatic nitrogens is 5. The zero-order valence-corrected chi connectivity index (χ0v) is 26.0. The lowest BCUT2D eigenvalue weighted by molar-refractivity contribution is -0.128. The molecule has 44 heavy (non-hydrogen) atoms. The molecule has 0 aromatic carbocycles. The number of hydrogen-bond acceptors (Lipinski definition) is 10. The zero-order valence-electron chi connectivity index (χ0n) is 26.0. The summed E-state index contributed by atoms with van der Waals surface area (Å²) in [4.78, 5) is 28.7. The Balaban J connectivity index is 1.24. The number of Topliss-reactive ketones (excluding diaryl/α,β-unsaturated/α-hetero) is 1. The molecule has 1 N–H and O–H groups in total. The molecule has 7 heterocycles. The van der Waals surface area contributed by atoms with Crippen molar-refractivity contribution in [2.75, 3.05) is 31.1 Å². The monoisotopic (exact) mass is 601 g/mol. The minimum Gasteiger partial charge on any atom is -0.474 e. The molecule has 1 spiro atoms. The van der Waals surface area contributed by atoms with Crippen molar-refractivity contribution in [3.8, 4) is 17.4 Å². The van der Waals surface area contributed by atoms with Crippen LogP contribution in [0, 0.1) is 0 Å². The van der Waals surface area contributed by atoms with Gasteiger partial charge >= 0.3 is 0 Å². The van der Waals surface area contributed by atoms with E-state index in [1.165, 1.54) is 12.8 Å². The Kier molecular flexibility index (Phi) is 5.88. The molecule has 11 nitrogen and oxygen atoms in total. The van der Waals surface area contributed by atoms with Gasteiger partial charge in [0.25, 0.3) is 0 Å². The summed E-state index contributed by atoms with van der Waals surface area (Å²) >= 11 is 0. The second kappa shape index (κ2) is 9.48. The predicted molar refractivity (Wildman–Crippen MR) is 163 cm³/mol. The molecule has 3 aromatic heterocycles. The van der Waals surface area contributed by atoms with Crippen LogP contribution in [0.1, 0.15) is 108 Å². The van der Waals surface area contributed by atoms with E-state index in [2.05, 4.69) is 26.6 Å². The van der Waals surface area contributed by atoms with Crippen LogP contribution >= 0.6 is 0 Å². The van der Waals surface area contributed by atoms with E-state index in [1.54, 1.807) is 0 Å². The van der Waals surface area contributed by atoms with Gasteiger partial charge in [0.05, 0.1) is 23.1 Å². The number of carbonyl (C=O) groups excluding carboxylic acids is 1. The number of ketones is 1. The van der Waals surface area contributed by atoms with Crippen molar-refractivity contribution in [1.82, 2.24) is 29.8 Å². The third-order valence-electron chi connectivity index (χ3n) is 12.3. The largest absolute Gasteiger partial charge is 0.474 e. The fourth-order valence-electron chi connectivity index (χ4n) is 9.91. The molecule has 9 rings (SSSR count). The van der Waals surface area contributed by atoms with Gasteiger partial charge in [-0.3, -0.25) is 9.69 Å². The van der Waals surface area contributed by atoms with Crippen molar-refractivity contribution < 1.29 is 19.2 Å². The fraction of sp³-hybridized carbons (Fsp3) is 0.727. The SMILES string of the molecule is CC(n1nc2c3c(nc(-c4noc5c4CCC[C@@]54CCCCC4=O)nc31)N1C[C@](C)(O)CC[C@@H]1CO2)C12CCCN1CCC2. The van der Waals surface area contributed by atoms with Crippen LogP contribution in [0.25, 0.3) is 22.6 Å². The lowest BCUT2D eigenvalue weighted by Crippen LogP contribution is -2.53. The van der Waals surface area contributed by atoms with E-state index >= 15 is 0 Å². The number of piperidine rings is 1. The topological polar surface area (TPSA) is 123 Å². The fourth-order valence-corrected chi connectivity index (χ4v) is 9.91. The minimum absolute atomic E-state index is 0.0592. The van der Waals surface area contributed by atoms with Gasteiger partial charge in [-0.05, 0) is 97.6 Å².